The highest BCUT2D eigenvalue weighted by Crippen LogP contribution is 2.13. The molecule has 0 unspecified atom stereocenters. The second-order valence-electron chi connectivity index (χ2n) is 3.38. The van der Waals surface area contributed by atoms with Crippen LogP contribution in [0.3, 0.4) is 0 Å². The van der Waals surface area contributed by atoms with Gasteiger partial charge in [-0.1, -0.05) is 24.3 Å². The van der Waals surface area contributed by atoms with Gasteiger partial charge in [0.05, 0.1) is 0 Å². The van der Waals surface area contributed by atoms with Crippen molar-refractivity contribution in [1.29, 1.82) is 0 Å². The van der Waals surface area contributed by atoms with Crippen LogP contribution in [-0.2, 0) is 0 Å². The average Bonchev–Trinajstić information content (AvgIpc) is 2.29. The van der Waals surface area contributed by atoms with Gasteiger partial charge >= 0.3 is 0 Å². The normalized spacial score (nSPS) is 10.5. The van der Waals surface area contributed by atoms with Gasteiger partial charge in [0.15, 0.2) is 5.78 Å². The van der Waals surface area contributed by atoms with Gasteiger partial charge in [-0.3, -0.25) is 9.78 Å². The van der Waals surface area contributed by atoms with Gasteiger partial charge in [0.2, 0.25) is 0 Å². The third kappa shape index (κ3) is 2.02. The Morgan fingerprint density at radius 2 is 2.00 bits per heavy atom. The Morgan fingerprint density at radius 1 is 1.27 bits per heavy atom. The minimum absolute atomic E-state index is 0.00301. The number of hydrogen-bond donors (Lipinski definition) is 1. The highest BCUT2D eigenvalue weighted by molar-refractivity contribution is 5.97. The molecular formula is C12H12N2O. The summed E-state index contributed by atoms with van der Waals surface area (Å²) >= 11 is 0. The maximum atomic E-state index is 11.5. The van der Waals surface area contributed by atoms with E-state index in [1.54, 1.807) is 6.20 Å². The molecule has 0 radical (unpaired) electrons. The van der Waals surface area contributed by atoms with Crippen LogP contribution in [0.1, 0.15) is 16.9 Å². The van der Waals surface area contributed by atoms with Crippen LogP contribution < -0.4 is 5.73 Å². The molecule has 0 aliphatic carbocycles. The fourth-order valence-corrected chi connectivity index (χ4v) is 1.50. The summed E-state index contributed by atoms with van der Waals surface area (Å²) in [5.74, 6) is 0.00301. The summed E-state index contributed by atoms with van der Waals surface area (Å²) in [6, 6.07) is 9.65. The number of fused-ring (bicyclic) bond motifs is 1. The van der Waals surface area contributed by atoms with E-state index in [2.05, 4.69) is 4.98 Å². The Hall–Kier alpha value is -1.74. The fraction of sp³-hybridized carbons (Fsp3) is 0.167. The van der Waals surface area contributed by atoms with Gasteiger partial charge in [-0.25, -0.2) is 0 Å². The Kier molecular flexibility index (Phi) is 2.74. The van der Waals surface area contributed by atoms with Crippen LogP contribution in [-0.4, -0.2) is 17.3 Å². The summed E-state index contributed by atoms with van der Waals surface area (Å²) in [4.78, 5) is 15.7. The first kappa shape index (κ1) is 9.80. The van der Waals surface area contributed by atoms with Gasteiger partial charge in [-0.15, -0.1) is 0 Å². The van der Waals surface area contributed by atoms with Gasteiger partial charge in [-0.2, -0.15) is 0 Å². The maximum absolute atomic E-state index is 11.5. The highest BCUT2D eigenvalue weighted by atomic mass is 16.1. The molecule has 76 valence electrons. The number of nitrogens with two attached hydrogens (primary N) is 1. The van der Waals surface area contributed by atoms with Crippen LogP contribution in [0.15, 0.2) is 36.5 Å². The molecule has 1 aromatic heterocycles. The summed E-state index contributed by atoms with van der Waals surface area (Å²) < 4.78 is 0. The number of carbonyl (C=O) groups excluding carboxylic acids is 1. The first-order valence-corrected chi connectivity index (χ1v) is 4.89. The first-order valence-electron chi connectivity index (χ1n) is 4.89. The van der Waals surface area contributed by atoms with Crippen molar-refractivity contribution in [3.05, 3.63) is 42.2 Å². The Bertz CT molecular complexity index is 494. The molecule has 0 aliphatic rings. The predicted molar refractivity (Wildman–Crippen MR) is 59.7 cm³/mol. The molecule has 2 N–H and O–H groups in total. The first-order chi connectivity index (χ1) is 7.31. The number of ketones is 1. The van der Waals surface area contributed by atoms with E-state index in [0.29, 0.717) is 18.7 Å². The van der Waals surface area contributed by atoms with E-state index in [0.717, 1.165) is 10.8 Å². The number of hydrogen-bond acceptors (Lipinski definition) is 3. The van der Waals surface area contributed by atoms with Crippen LogP contribution >= 0.6 is 0 Å². The fourth-order valence-electron chi connectivity index (χ4n) is 1.50. The second kappa shape index (κ2) is 4.19. The van der Waals surface area contributed by atoms with Crippen molar-refractivity contribution in [2.75, 3.05) is 6.54 Å². The number of carbonyl (C=O) groups is 1. The van der Waals surface area contributed by atoms with Crippen LogP contribution in [0.5, 0.6) is 0 Å². The number of aromatic nitrogens is 1. The number of Topliss-reactive ketones (excluding diaryl/α,β-unsaturated/α-hetero) is 1. The zero-order valence-electron chi connectivity index (χ0n) is 8.31. The van der Waals surface area contributed by atoms with Gasteiger partial charge in [0.25, 0.3) is 0 Å². The van der Waals surface area contributed by atoms with E-state index in [1.807, 2.05) is 30.3 Å². The van der Waals surface area contributed by atoms with Gasteiger partial charge in [0.1, 0.15) is 5.69 Å². The summed E-state index contributed by atoms with van der Waals surface area (Å²) in [6.07, 6.45) is 2.07. The zero-order chi connectivity index (χ0) is 10.7. The minimum Gasteiger partial charge on any atom is -0.330 e. The molecule has 0 spiro atoms. The largest absolute Gasteiger partial charge is 0.330 e. The predicted octanol–water partition coefficient (Wildman–Crippen LogP) is 1.77. The van der Waals surface area contributed by atoms with Crippen LogP contribution in [0.25, 0.3) is 10.8 Å². The lowest BCUT2D eigenvalue weighted by atomic mass is 10.1. The number of rotatable bonds is 3. The molecule has 0 atom stereocenters. The smallest absolute Gasteiger partial charge is 0.182 e. The lowest BCUT2D eigenvalue weighted by Gasteiger charge is -2.00. The van der Waals surface area contributed by atoms with Crippen LogP contribution in [0.4, 0.5) is 0 Å². The van der Waals surface area contributed by atoms with Gasteiger partial charge in [-0.05, 0) is 18.0 Å². The topological polar surface area (TPSA) is 56.0 Å². The van der Waals surface area contributed by atoms with Crippen molar-refractivity contribution in [2.24, 2.45) is 5.73 Å². The van der Waals surface area contributed by atoms with Crippen LogP contribution in [0, 0.1) is 0 Å². The molecule has 3 heteroatoms. The molecular weight excluding hydrogens is 188 g/mol. The quantitative estimate of drug-likeness (QED) is 0.768. The molecule has 0 saturated carbocycles. The van der Waals surface area contributed by atoms with Crippen molar-refractivity contribution in [1.82, 2.24) is 4.98 Å². The van der Waals surface area contributed by atoms with Crippen molar-refractivity contribution in [3.63, 3.8) is 0 Å². The van der Waals surface area contributed by atoms with E-state index in [-0.39, 0.29) is 5.78 Å². The molecule has 3 nitrogen and oxygen atoms in total. The molecule has 0 bridgehead atoms. The average molecular weight is 200 g/mol. The zero-order valence-corrected chi connectivity index (χ0v) is 8.31. The Labute approximate surface area is 87.9 Å². The molecule has 2 rings (SSSR count). The maximum Gasteiger partial charge on any atom is 0.182 e. The summed E-state index contributed by atoms with van der Waals surface area (Å²) in [5.41, 5.74) is 5.83. The molecule has 15 heavy (non-hydrogen) atoms. The number of benzene rings is 1. The van der Waals surface area contributed by atoms with Crippen molar-refractivity contribution in [2.45, 2.75) is 6.42 Å². The third-order valence-corrected chi connectivity index (χ3v) is 2.29. The molecule has 1 heterocycles. The van der Waals surface area contributed by atoms with Crippen LogP contribution in [0.2, 0.25) is 0 Å². The lowest BCUT2D eigenvalue weighted by Crippen LogP contribution is -2.09. The third-order valence-electron chi connectivity index (χ3n) is 2.29. The van der Waals surface area contributed by atoms with Crippen molar-refractivity contribution >= 4 is 16.6 Å². The molecule has 0 saturated heterocycles. The molecule has 0 aliphatic heterocycles. The van der Waals surface area contributed by atoms with Gasteiger partial charge < -0.3 is 5.73 Å². The number of pyridine rings is 1. The Balaban J connectivity index is 2.42. The van der Waals surface area contributed by atoms with E-state index >= 15 is 0 Å². The molecule has 0 amide bonds. The molecule has 1 aromatic carbocycles. The van der Waals surface area contributed by atoms with E-state index in [1.165, 1.54) is 0 Å². The van der Waals surface area contributed by atoms with E-state index in [9.17, 15) is 4.79 Å². The van der Waals surface area contributed by atoms with Crippen molar-refractivity contribution in [3.8, 4) is 0 Å². The number of nitrogens with zero attached hydrogens (tertiary/aromatic N) is 1. The van der Waals surface area contributed by atoms with E-state index in [4.69, 9.17) is 5.73 Å². The second-order valence-corrected chi connectivity index (χ2v) is 3.38. The Morgan fingerprint density at radius 3 is 2.73 bits per heavy atom. The van der Waals surface area contributed by atoms with Crippen molar-refractivity contribution < 1.29 is 4.79 Å². The SMILES string of the molecule is NCCC(=O)c1cc2ccccc2cn1. The summed E-state index contributed by atoms with van der Waals surface area (Å²) in [5, 5.41) is 2.08. The lowest BCUT2D eigenvalue weighted by molar-refractivity contribution is 0.0981. The monoisotopic (exact) mass is 200 g/mol. The highest BCUT2D eigenvalue weighted by Gasteiger charge is 2.06. The minimum atomic E-state index is 0.00301. The van der Waals surface area contributed by atoms with Gasteiger partial charge in [0, 0.05) is 18.0 Å². The molecule has 2 aromatic rings. The molecule has 0 fully saturated rings. The summed E-state index contributed by atoms with van der Waals surface area (Å²) in [7, 11) is 0. The standard InChI is InChI=1S/C12H12N2O/c13-6-5-12(15)11-7-9-3-1-2-4-10(9)8-14-11/h1-4,7-8H,5-6,13H2. The summed E-state index contributed by atoms with van der Waals surface area (Å²) in [6.45, 7) is 0.368. The van der Waals surface area contributed by atoms with E-state index < -0.39 is 0 Å².